The highest BCUT2D eigenvalue weighted by molar-refractivity contribution is 7.89. The molecule has 4 rings (SSSR count). The van der Waals surface area contributed by atoms with Crippen molar-refractivity contribution in [2.75, 3.05) is 39.4 Å². The summed E-state index contributed by atoms with van der Waals surface area (Å²) in [5, 5.41) is 0.671. The molecule has 8 heteroatoms. The molecule has 0 radical (unpaired) electrons. The third-order valence-corrected chi connectivity index (χ3v) is 7.25. The van der Waals surface area contributed by atoms with Crippen molar-refractivity contribution in [2.45, 2.75) is 31.1 Å². The van der Waals surface area contributed by atoms with E-state index in [1.807, 2.05) is 0 Å². The first-order chi connectivity index (χ1) is 13.0. The highest BCUT2D eigenvalue weighted by atomic mass is 32.2. The molecule has 0 bridgehead atoms. The minimum Gasteiger partial charge on any atom is -0.451 e. The Balaban J connectivity index is 1.68. The van der Waals surface area contributed by atoms with Gasteiger partial charge in [0.2, 0.25) is 10.0 Å². The summed E-state index contributed by atoms with van der Waals surface area (Å²) in [7, 11) is -3.52. The first kappa shape index (κ1) is 18.5. The number of amides is 1. The lowest BCUT2D eigenvalue weighted by Crippen LogP contribution is -2.40. The van der Waals surface area contributed by atoms with Crippen molar-refractivity contribution in [1.82, 2.24) is 9.21 Å². The van der Waals surface area contributed by atoms with E-state index in [2.05, 4.69) is 0 Å². The lowest BCUT2D eigenvalue weighted by atomic mass is 10.1. The fourth-order valence-electron chi connectivity index (χ4n) is 3.73. The zero-order chi connectivity index (χ0) is 19.0. The van der Waals surface area contributed by atoms with E-state index in [1.165, 1.54) is 0 Å². The molecule has 2 aliphatic rings. The number of nitrogens with zero attached hydrogens (tertiary/aromatic N) is 2. The van der Waals surface area contributed by atoms with E-state index in [0.29, 0.717) is 55.9 Å². The summed E-state index contributed by atoms with van der Waals surface area (Å²) < 4.78 is 38.5. The number of sulfonamides is 1. The molecule has 0 N–H and O–H groups in total. The van der Waals surface area contributed by atoms with Crippen LogP contribution in [-0.4, -0.2) is 62.9 Å². The Hall–Kier alpha value is -1.90. The number of carbonyl (C=O) groups is 1. The maximum atomic E-state index is 12.9. The van der Waals surface area contributed by atoms with Crippen LogP contribution in [0.25, 0.3) is 11.0 Å². The largest absolute Gasteiger partial charge is 0.451 e. The van der Waals surface area contributed by atoms with Gasteiger partial charge in [-0.05, 0) is 38.0 Å². The monoisotopic (exact) mass is 392 g/mol. The number of hydrogen-bond acceptors (Lipinski definition) is 5. The Kier molecular flexibility index (Phi) is 4.96. The van der Waals surface area contributed by atoms with Crippen molar-refractivity contribution in [2.24, 2.45) is 0 Å². The molecule has 0 saturated carbocycles. The predicted molar refractivity (Wildman–Crippen MR) is 100 cm³/mol. The quantitative estimate of drug-likeness (QED) is 0.801. The molecule has 1 aromatic carbocycles. The van der Waals surface area contributed by atoms with Gasteiger partial charge in [-0.25, -0.2) is 8.42 Å². The number of benzene rings is 1. The fourth-order valence-corrected chi connectivity index (χ4v) is 5.27. The third-order valence-electron chi connectivity index (χ3n) is 5.35. The van der Waals surface area contributed by atoms with Gasteiger partial charge in [-0.3, -0.25) is 4.79 Å². The zero-order valence-corrected chi connectivity index (χ0v) is 16.3. The van der Waals surface area contributed by atoms with Gasteiger partial charge in [-0.2, -0.15) is 4.31 Å². The van der Waals surface area contributed by atoms with Crippen molar-refractivity contribution in [1.29, 1.82) is 0 Å². The topological polar surface area (TPSA) is 80.1 Å². The highest BCUT2D eigenvalue weighted by Gasteiger charge is 2.28. The molecule has 27 heavy (non-hydrogen) atoms. The van der Waals surface area contributed by atoms with E-state index in [4.69, 9.17) is 9.15 Å². The van der Waals surface area contributed by atoms with Crippen molar-refractivity contribution in [3.63, 3.8) is 0 Å². The first-order valence-electron chi connectivity index (χ1n) is 9.39. The molecule has 0 unspecified atom stereocenters. The van der Waals surface area contributed by atoms with E-state index in [-0.39, 0.29) is 16.6 Å². The van der Waals surface area contributed by atoms with Gasteiger partial charge in [0.25, 0.3) is 5.91 Å². The number of aryl methyl sites for hydroxylation is 1. The summed E-state index contributed by atoms with van der Waals surface area (Å²) in [6, 6.07) is 4.85. The molecule has 0 spiro atoms. The standard InChI is InChI=1S/C19H24N2O5S/c1-14-16-13-15(27(23,24)21-7-3-2-4-8-21)5-6-17(16)26-18(14)19(22)20-9-11-25-12-10-20/h5-6,13H,2-4,7-12H2,1H3. The number of hydrogen-bond donors (Lipinski definition) is 0. The fraction of sp³-hybridized carbons (Fsp3) is 0.526. The minimum atomic E-state index is -3.52. The zero-order valence-electron chi connectivity index (χ0n) is 15.4. The van der Waals surface area contributed by atoms with Crippen LogP contribution in [0.3, 0.4) is 0 Å². The predicted octanol–water partition coefficient (Wildman–Crippen LogP) is 2.39. The van der Waals surface area contributed by atoms with Crippen LogP contribution >= 0.6 is 0 Å². The number of furan rings is 1. The highest BCUT2D eigenvalue weighted by Crippen LogP contribution is 2.30. The van der Waals surface area contributed by atoms with Crippen LogP contribution in [0.15, 0.2) is 27.5 Å². The second-order valence-corrected chi connectivity index (χ2v) is 9.02. The van der Waals surface area contributed by atoms with E-state index < -0.39 is 10.0 Å². The van der Waals surface area contributed by atoms with Crippen LogP contribution < -0.4 is 0 Å². The Bertz CT molecular complexity index is 954. The first-order valence-corrected chi connectivity index (χ1v) is 10.8. The van der Waals surface area contributed by atoms with Crippen LogP contribution in [0.1, 0.15) is 35.4 Å². The maximum Gasteiger partial charge on any atom is 0.290 e. The van der Waals surface area contributed by atoms with Crippen molar-refractivity contribution >= 4 is 26.9 Å². The van der Waals surface area contributed by atoms with Crippen molar-refractivity contribution in [3.8, 4) is 0 Å². The lowest BCUT2D eigenvalue weighted by Gasteiger charge is -2.26. The summed E-state index contributed by atoms with van der Waals surface area (Å²) in [6.45, 7) is 5.02. The Labute approximate surface area is 158 Å². The molecule has 2 aromatic rings. The van der Waals surface area contributed by atoms with Crippen LogP contribution in [0.2, 0.25) is 0 Å². The average molecular weight is 392 g/mol. The normalized spacial score (nSPS) is 19.5. The van der Waals surface area contributed by atoms with E-state index in [9.17, 15) is 13.2 Å². The van der Waals surface area contributed by atoms with Gasteiger partial charge in [-0.1, -0.05) is 6.42 Å². The number of morpholine rings is 1. The van der Waals surface area contributed by atoms with E-state index in [0.717, 1.165) is 19.3 Å². The van der Waals surface area contributed by atoms with Crippen molar-refractivity contribution < 1.29 is 22.4 Å². The molecule has 1 amide bonds. The Morgan fingerprint density at radius 3 is 2.44 bits per heavy atom. The van der Waals surface area contributed by atoms with Crippen LogP contribution in [0.5, 0.6) is 0 Å². The van der Waals surface area contributed by atoms with Gasteiger partial charge < -0.3 is 14.1 Å². The molecule has 7 nitrogen and oxygen atoms in total. The molecule has 1 aromatic heterocycles. The van der Waals surface area contributed by atoms with E-state index in [1.54, 1.807) is 34.3 Å². The summed E-state index contributed by atoms with van der Waals surface area (Å²) in [5.74, 6) is 0.104. The van der Waals surface area contributed by atoms with Crippen molar-refractivity contribution in [3.05, 3.63) is 29.5 Å². The lowest BCUT2D eigenvalue weighted by molar-refractivity contribution is 0.0283. The molecule has 0 atom stereocenters. The Morgan fingerprint density at radius 2 is 1.74 bits per heavy atom. The SMILES string of the molecule is Cc1c(C(=O)N2CCOCC2)oc2ccc(S(=O)(=O)N3CCCCC3)cc12. The summed E-state index contributed by atoms with van der Waals surface area (Å²) in [5.41, 5.74) is 1.21. The minimum absolute atomic E-state index is 0.174. The van der Waals surface area contributed by atoms with Gasteiger partial charge in [0.1, 0.15) is 5.58 Å². The van der Waals surface area contributed by atoms with Crippen LogP contribution in [-0.2, 0) is 14.8 Å². The maximum absolute atomic E-state index is 12.9. The smallest absolute Gasteiger partial charge is 0.290 e. The molecular formula is C19H24N2O5S. The molecule has 0 aliphatic carbocycles. The second-order valence-electron chi connectivity index (χ2n) is 7.08. The molecule has 2 saturated heterocycles. The second kappa shape index (κ2) is 7.26. The summed E-state index contributed by atoms with van der Waals surface area (Å²) >= 11 is 0. The molecule has 3 heterocycles. The summed E-state index contributed by atoms with van der Waals surface area (Å²) in [4.78, 5) is 14.7. The Morgan fingerprint density at radius 1 is 1.04 bits per heavy atom. The number of carbonyl (C=O) groups excluding carboxylic acids is 1. The number of fused-ring (bicyclic) bond motifs is 1. The van der Waals surface area contributed by atoms with Gasteiger partial charge in [0.15, 0.2) is 5.76 Å². The average Bonchev–Trinajstić information content (AvgIpc) is 3.05. The van der Waals surface area contributed by atoms with Gasteiger partial charge in [0, 0.05) is 37.1 Å². The van der Waals surface area contributed by atoms with Gasteiger partial charge in [0.05, 0.1) is 18.1 Å². The molecule has 146 valence electrons. The van der Waals surface area contributed by atoms with E-state index >= 15 is 0 Å². The molecular weight excluding hydrogens is 368 g/mol. The van der Waals surface area contributed by atoms with Gasteiger partial charge >= 0.3 is 0 Å². The van der Waals surface area contributed by atoms with Gasteiger partial charge in [-0.15, -0.1) is 0 Å². The number of rotatable bonds is 3. The molecule has 2 fully saturated rings. The van der Waals surface area contributed by atoms with Crippen LogP contribution in [0, 0.1) is 6.92 Å². The molecule has 2 aliphatic heterocycles. The third kappa shape index (κ3) is 3.37. The number of ether oxygens (including phenoxy) is 1. The number of piperidine rings is 1. The van der Waals surface area contributed by atoms with Crippen LogP contribution in [0.4, 0.5) is 0 Å². The summed E-state index contributed by atoms with van der Waals surface area (Å²) in [6.07, 6.45) is 2.85.